The number of rotatable bonds is 2. The first-order valence-electron chi connectivity index (χ1n) is 4.25. The quantitative estimate of drug-likeness (QED) is 0.739. The number of hydrogen-bond acceptors (Lipinski definition) is 5. The Balaban J connectivity index is 2.56. The lowest BCUT2D eigenvalue weighted by Gasteiger charge is -1.99. The van der Waals surface area contributed by atoms with E-state index in [1.54, 1.807) is 6.92 Å². The molecule has 0 fully saturated rings. The summed E-state index contributed by atoms with van der Waals surface area (Å²) in [5, 5.41) is 11.4. The molecule has 0 aliphatic carbocycles. The van der Waals surface area contributed by atoms with Gasteiger partial charge in [0.1, 0.15) is 6.61 Å². The molecule has 15 heavy (non-hydrogen) atoms. The molecule has 6 heteroatoms. The van der Waals surface area contributed by atoms with E-state index >= 15 is 0 Å². The number of carbonyl (C=O) groups is 1. The molecule has 80 valence electrons. The predicted octanol–water partition coefficient (Wildman–Crippen LogP) is 1.06. The summed E-state index contributed by atoms with van der Waals surface area (Å²) in [4.78, 5) is 15.6. The lowest BCUT2D eigenvalue weighted by molar-refractivity contribution is 0.168. The lowest BCUT2D eigenvalue weighted by atomic mass is 10.5. The summed E-state index contributed by atoms with van der Waals surface area (Å²) >= 11 is 1.22. The molecule has 1 aromatic heterocycles. The van der Waals surface area contributed by atoms with E-state index in [1.165, 1.54) is 17.5 Å². The number of aromatic nitrogens is 1. The van der Waals surface area contributed by atoms with Crippen molar-refractivity contribution in [1.29, 1.82) is 0 Å². The summed E-state index contributed by atoms with van der Waals surface area (Å²) in [6.07, 6.45) is 0.989. The van der Waals surface area contributed by atoms with E-state index in [1.807, 2.05) is 0 Å². The molecule has 0 radical (unpaired) electrons. The number of nitrogens with zero attached hydrogens (tertiary/aromatic N) is 1. The van der Waals surface area contributed by atoms with Crippen molar-refractivity contribution in [3.8, 4) is 11.8 Å². The summed E-state index contributed by atoms with van der Waals surface area (Å²) in [5.74, 6) is 5.17. The van der Waals surface area contributed by atoms with E-state index in [4.69, 9.17) is 5.11 Å². The van der Waals surface area contributed by atoms with Crippen molar-refractivity contribution in [2.24, 2.45) is 0 Å². The first-order chi connectivity index (χ1) is 7.26. The third-order valence-corrected chi connectivity index (χ3v) is 2.11. The number of ether oxygens (including phenoxy) is 1. The topological polar surface area (TPSA) is 71.5 Å². The van der Waals surface area contributed by atoms with Gasteiger partial charge in [-0.2, -0.15) is 0 Å². The Morgan fingerprint density at radius 2 is 2.60 bits per heavy atom. The van der Waals surface area contributed by atoms with Gasteiger partial charge in [-0.1, -0.05) is 23.2 Å². The summed E-state index contributed by atoms with van der Waals surface area (Å²) in [7, 11) is 0. The van der Waals surface area contributed by atoms with Crippen molar-refractivity contribution in [2.75, 3.05) is 18.5 Å². The van der Waals surface area contributed by atoms with Crippen molar-refractivity contribution in [1.82, 2.24) is 4.98 Å². The zero-order valence-corrected chi connectivity index (χ0v) is 8.93. The van der Waals surface area contributed by atoms with E-state index in [0.29, 0.717) is 16.6 Å². The van der Waals surface area contributed by atoms with E-state index in [2.05, 4.69) is 26.9 Å². The van der Waals surface area contributed by atoms with Crippen LogP contribution in [-0.2, 0) is 4.74 Å². The van der Waals surface area contributed by atoms with Crippen LogP contribution < -0.4 is 5.32 Å². The van der Waals surface area contributed by atoms with Crippen LogP contribution in [0.3, 0.4) is 0 Å². The minimum absolute atomic E-state index is 0.196. The van der Waals surface area contributed by atoms with Gasteiger partial charge in [0.2, 0.25) is 0 Å². The van der Waals surface area contributed by atoms with Gasteiger partial charge in [-0.25, -0.2) is 9.78 Å². The third-order valence-electron chi connectivity index (χ3n) is 1.28. The standard InChI is InChI=1S/C9H10N2O3S/c1-2-14-9(13)11-8-10-6-7(15-8)4-3-5-12/h6,12H,2,5H2,1H3,(H,10,11,13). The number of anilines is 1. The maximum absolute atomic E-state index is 11.0. The predicted molar refractivity (Wildman–Crippen MR) is 56.7 cm³/mol. The first kappa shape index (κ1) is 11.5. The second-order valence-corrected chi connectivity index (χ2v) is 3.37. The highest BCUT2D eigenvalue weighted by Crippen LogP contribution is 2.16. The molecule has 5 nitrogen and oxygen atoms in total. The largest absolute Gasteiger partial charge is 0.450 e. The van der Waals surface area contributed by atoms with E-state index in [-0.39, 0.29) is 6.61 Å². The number of carbonyl (C=O) groups excluding carboxylic acids is 1. The Kier molecular flexibility index (Phi) is 4.60. The number of nitrogens with one attached hydrogen (secondary N) is 1. The fourth-order valence-corrected chi connectivity index (χ4v) is 1.45. The van der Waals surface area contributed by atoms with Crippen molar-refractivity contribution in [2.45, 2.75) is 6.92 Å². The molecule has 0 aromatic carbocycles. The molecule has 0 unspecified atom stereocenters. The van der Waals surface area contributed by atoms with Crippen LogP contribution in [0.25, 0.3) is 0 Å². The number of aliphatic hydroxyl groups excluding tert-OH is 1. The number of hydrogen-bond donors (Lipinski definition) is 2. The van der Waals surface area contributed by atoms with Crippen LogP contribution in [0.15, 0.2) is 6.20 Å². The molecular weight excluding hydrogens is 216 g/mol. The number of thiazole rings is 1. The van der Waals surface area contributed by atoms with Gasteiger partial charge in [0.25, 0.3) is 0 Å². The highest BCUT2D eigenvalue weighted by Gasteiger charge is 2.05. The van der Waals surface area contributed by atoms with Crippen LogP contribution in [0, 0.1) is 11.8 Å². The highest BCUT2D eigenvalue weighted by molar-refractivity contribution is 7.16. The van der Waals surface area contributed by atoms with Gasteiger partial charge < -0.3 is 9.84 Å². The van der Waals surface area contributed by atoms with E-state index < -0.39 is 6.09 Å². The average Bonchev–Trinajstić information content (AvgIpc) is 2.63. The van der Waals surface area contributed by atoms with Crippen molar-refractivity contribution < 1.29 is 14.6 Å². The van der Waals surface area contributed by atoms with E-state index in [0.717, 1.165) is 0 Å². The monoisotopic (exact) mass is 226 g/mol. The fourth-order valence-electron chi connectivity index (χ4n) is 0.771. The number of aliphatic hydroxyl groups is 1. The van der Waals surface area contributed by atoms with Crippen molar-refractivity contribution in [3.63, 3.8) is 0 Å². The normalized spacial score (nSPS) is 8.93. The smallest absolute Gasteiger partial charge is 0.413 e. The molecular formula is C9H10N2O3S. The Morgan fingerprint density at radius 3 is 3.27 bits per heavy atom. The van der Waals surface area contributed by atoms with Gasteiger partial charge in [0, 0.05) is 0 Å². The Labute approximate surface area is 91.1 Å². The van der Waals surface area contributed by atoms with E-state index in [9.17, 15) is 4.79 Å². The molecule has 1 rings (SSSR count). The molecule has 0 saturated heterocycles. The summed E-state index contributed by atoms with van der Waals surface area (Å²) in [5.41, 5.74) is 0. The van der Waals surface area contributed by atoms with Crippen molar-refractivity contribution in [3.05, 3.63) is 11.1 Å². The highest BCUT2D eigenvalue weighted by atomic mass is 32.1. The summed E-state index contributed by atoms with van der Waals surface area (Å²) < 4.78 is 4.68. The van der Waals surface area contributed by atoms with Crippen LogP contribution in [-0.4, -0.2) is 29.4 Å². The molecule has 0 spiro atoms. The Bertz CT molecular complexity index is 392. The van der Waals surface area contributed by atoms with Crippen LogP contribution in [0.4, 0.5) is 9.93 Å². The van der Waals surface area contributed by atoms with Gasteiger partial charge in [-0.05, 0) is 6.92 Å². The second-order valence-electron chi connectivity index (χ2n) is 2.34. The lowest BCUT2D eigenvalue weighted by Crippen LogP contribution is -2.12. The molecule has 0 aliphatic heterocycles. The SMILES string of the molecule is CCOC(=O)Nc1ncc(C#CCO)s1. The minimum Gasteiger partial charge on any atom is -0.450 e. The summed E-state index contributed by atoms with van der Waals surface area (Å²) in [6, 6.07) is 0. The zero-order valence-electron chi connectivity index (χ0n) is 8.11. The maximum Gasteiger partial charge on any atom is 0.413 e. The van der Waals surface area contributed by atoms with Gasteiger partial charge in [-0.15, -0.1) is 0 Å². The Hall–Kier alpha value is -1.58. The summed E-state index contributed by atoms with van der Waals surface area (Å²) in [6.45, 7) is 1.84. The molecule has 0 aliphatic rings. The molecule has 0 atom stereocenters. The first-order valence-corrected chi connectivity index (χ1v) is 5.07. The zero-order chi connectivity index (χ0) is 11.1. The van der Waals surface area contributed by atoms with Crippen molar-refractivity contribution >= 4 is 22.6 Å². The third kappa shape index (κ3) is 3.97. The molecule has 1 heterocycles. The van der Waals surface area contributed by atoms with Crippen LogP contribution in [0.5, 0.6) is 0 Å². The average molecular weight is 226 g/mol. The fraction of sp³-hybridized carbons (Fsp3) is 0.333. The second kappa shape index (κ2) is 6.01. The van der Waals surface area contributed by atoms with Gasteiger partial charge in [0.15, 0.2) is 5.13 Å². The van der Waals surface area contributed by atoms with Crippen LogP contribution in [0.2, 0.25) is 0 Å². The van der Waals surface area contributed by atoms with Gasteiger partial charge in [0.05, 0.1) is 17.7 Å². The Morgan fingerprint density at radius 1 is 1.80 bits per heavy atom. The maximum atomic E-state index is 11.0. The van der Waals surface area contributed by atoms with Crippen LogP contribution in [0.1, 0.15) is 11.8 Å². The number of amides is 1. The molecule has 1 aromatic rings. The minimum atomic E-state index is -0.534. The van der Waals surface area contributed by atoms with Gasteiger partial charge >= 0.3 is 6.09 Å². The van der Waals surface area contributed by atoms with Crippen LogP contribution >= 0.6 is 11.3 Å². The molecule has 0 saturated carbocycles. The molecule has 2 N–H and O–H groups in total. The molecule has 0 bridgehead atoms. The molecule has 1 amide bonds. The van der Waals surface area contributed by atoms with Gasteiger partial charge in [-0.3, -0.25) is 5.32 Å².